The summed E-state index contributed by atoms with van der Waals surface area (Å²) in [5, 5.41) is 22.4. The average Bonchev–Trinajstić information content (AvgIpc) is 2.37. The van der Waals surface area contributed by atoms with E-state index in [9.17, 15) is 15.0 Å². The first-order valence-corrected chi connectivity index (χ1v) is 5.37. The molecule has 0 radical (unpaired) electrons. The van der Waals surface area contributed by atoms with Gasteiger partial charge in [0, 0.05) is 18.2 Å². The van der Waals surface area contributed by atoms with Crippen molar-refractivity contribution in [3.05, 3.63) is 23.3 Å². The molecule has 0 fully saturated rings. The van der Waals surface area contributed by atoms with E-state index >= 15 is 0 Å². The van der Waals surface area contributed by atoms with Gasteiger partial charge in [0.15, 0.2) is 0 Å². The molecule has 6 nitrogen and oxygen atoms in total. The summed E-state index contributed by atoms with van der Waals surface area (Å²) in [5.41, 5.74) is 0.397. The second kappa shape index (κ2) is 6.23. The minimum absolute atomic E-state index is 0.137. The number of ether oxygens (including phenoxy) is 2. The third-order valence-electron chi connectivity index (χ3n) is 2.51. The second-order valence-corrected chi connectivity index (χ2v) is 3.68. The number of nitrogens with one attached hydrogen (secondary N) is 1. The van der Waals surface area contributed by atoms with Crippen molar-refractivity contribution in [1.29, 1.82) is 0 Å². The number of aromatic hydroxyl groups is 1. The normalized spacial score (nSPS) is 12.0. The smallest absolute Gasteiger partial charge is 0.341 e. The van der Waals surface area contributed by atoms with Crippen LogP contribution in [0.1, 0.15) is 22.0 Å². The third kappa shape index (κ3) is 2.91. The summed E-state index contributed by atoms with van der Waals surface area (Å²) in [6.45, 7) is 0.250. The van der Waals surface area contributed by atoms with Crippen LogP contribution < -0.4 is 10.1 Å². The Morgan fingerprint density at radius 1 is 1.44 bits per heavy atom. The van der Waals surface area contributed by atoms with Gasteiger partial charge < -0.3 is 25.0 Å². The molecule has 0 spiro atoms. The molecule has 1 aromatic carbocycles. The minimum atomic E-state index is -0.927. The van der Waals surface area contributed by atoms with Crippen molar-refractivity contribution >= 4 is 5.97 Å². The number of hydrogen-bond acceptors (Lipinski definition) is 6. The zero-order valence-electron chi connectivity index (χ0n) is 10.6. The summed E-state index contributed by atoms with van der Waals surface area (Å²) in [6, 6.07) is 2.64. The van der Waals surface area contributed by atoms with Crippen LogP contribution in [0.5, 0.6) is 11.5 Å². The Morgan fingerprint density at radius 3 is 2.61 bits per heavy atom. The number of methoxy groups -OCH3 is 2. The molecule has 0 aliphatic carbocycles. The molecule has 0 aliphatic heterocycles. The van der Waals surface area contributed by atoms with Crippen LogP contribution in [0.4, 0.5) is 0 Å². The molecule has 1 rings (SSSR count). The van der Waals surface area contributed by atoms with Crippen LogP contribution in [0.2, 0.25) is 0 Å². The molecule has 18 heavy (non-hydrogen) atoms. The Labute approximate surface area is 105 Å². The molecule has 0 saturated carbocycles. The van der Waals surface area contributed by atoms with Crippen molar-refractivity contribution in [2.75, 3.05) is 27.8 Å². The van der Waals surface area contributed by atoms with E-state index in [0.717, 1.165) is 0 Å². The number of carbonyl (C=O) groups is 1. The highest BCUT2D eigenvalue weighted by molar-refractivity contribution is 5.93. The topological polar surface area (TPSA) is 88.0 Å². The van der Waals surface area contributed by atoms with E-state index in [4.69, 9.17) is 4.74 Å². The largest absolute Gasteiger partial charge is 0.507 e. The molecule has 0 amide bonds. The van der Waals surface area contributed by atoms with E-state index in [0.29, 0.717) is 0 Å². The van der Waals surface area contributed by atoms with Crippen LogP contribution >= 0.6 is 0 Å². The molecule has 1 atom stereocenters. The van der Waals surface area contributed by atoms with E-state index < -0.39 is 12.1 Å². The standard InChI is InChI=1S/C12H17NO5/c1-13-6-10(15)7-4-8(12(16)18-3)11(17-2)5-9(7)14/h4-5,10,13-15H,6H2,1-3H3. The Hall–Kier alpha value is -1.79. The highest BCUT2D eigenvalue weighted by atomic mass is 16.5. The molecule has 6 heteroatoms. The number of hydrogen-bond donors (Lipinski definition) is 3. The van der Waals surface area contributed by atoms with Crippen LogP contribution in [0.25, 0.3) is 0 Å². The minimum Gasteiger partial charge on any atom is -0.507 e. The molecule has 100 valence electrons. The van der Waals surface area contributed by atoms with Crippen molar-refractivity contribution in [3.63, 3.8) is 0 Å². The van der Waals surface area contributed by atoms with Crippen LogP contribution in [-0.2, 0) is 4.74 Å². The first-order chi connectivity index (χ1) is 8.54. The van der Waals surface area contributed by atoms with E-state index in [1.807, 2.05) is 0 Å². The third-order valence-corrected chi connectivity index (χ3v) is 2.51. The van der Waals surface area contributed by atoms with Gasteiger partial charge in [-0.3, -0.25) is 0 Å². The van der Waals surface area contributed by atoms with E-state index in [2.05, 4.69) is 10.1 Å². The molecule has 0 aromatic heterocycles. The number of rotatable bonds is 5. The summed E-state index contributed by atoms with van der Waals surface area (Å²) in [6.07, 6.45) is -0.927. The molecule has 0 heterocycles. The van der Waals surface area contributed by atoms with Gasteiger partial charge in [0.1, 0.15) is 17.1 Å². The summed E-state index contributed by atoms with van der Waals surface area (Å²) in [7, 11) is 4.30. The number of phenols is 1. The van der Waals surface area contributed by atoms with E-state index in [-0.39, 0.29) is 29.2 Å². The van der Waals surface area contributed by atoms with Gasteiger partial charge in [-0.25, -0.2) is 4.79 Å². The van der Waals surface area contributed by atoms with Gasteiger partial charge >= 0.3 is 5.97 Å². The van der Waals surface area contributed by atoms with Crippen LogP contribution in [0.15, 0.2) is 12.1 Å². The van der Waals surface area contributed by atoms with Crippen LogP contribution in [0.3, 0.4) is 0 Å². The van der Waals surface area contributed by atoms with Crippen molar-refractivity contribution in [2.24, 2.45) is 0 Å². The lowest BCUT2D eigenvalue weighted by Gasteiger charge is -2.15. The number of aliphatic hydroxyl groups is 1. The molecular weight excluding hydrogens is 238 g/mol. The van der Waals surface area contributed by atoms with Gasteiger partial charge in [-0.05, 0) is 13.1 Å². The molecule has 1 aromatic rings. The molecule has 3 N–H and O–H groups in total. The second-order valence-electron chi connectivity index (χ2n) is 3.68. The Bertz CT molecular complexity index is 433. The van der Waals surface area contributed by atoms with Crippen molar-refractivity contribution in [3.8, 4) is 11.5 Å². The van der Waals surface area contributed by atoms with E-state index in [1.165, 1.54) is 26.4 Å². The average molecular weight is 255 g/mol. The predicted octanol–water partition coefficient (Wildman–Crippen LogP) is 0.440. The first kappa shape index (κ1) is 14.3. The fourth-order valence-corrected chi connectivity index (χ4v) is 1.59. The Kier molecular flexibility index (Phi) is 4.94. The summed E-state index contributed by atoms with van der Waals surface area (Å²) < 4.78 is 9.60. The fraction of sp³-hybridized carbons (Fsp3) is 0.417. The van der Waals surface area contributed by atoms with Crippen molar-refractivity contribution in [1.82, 2.24) is 5.32 Å². The van der Waals surface area contributed by atoms with Gasteiger partial charge in [0.05, 0.1) is 20.3 Å². The van der Waals surface area contributed by atoms with Crippen LogP contribution in [-0.4, -0.2) is 44.0 Å². The number of phenolic OH excluding ortho intramolecular Hbond substituents is 1. The van der Waals surface area contributed by atoms with Gasteiger partial charge in [0.2, 0.25) is 0 Å². The number of aliphatic hydroxyl groups excluding tert-OH is 1. The Balaban J connectivity index is 3.25. The maximum atomic E-state index is 11.6. The fourth-order valence-electron chi connectivity index (χ4n) is 1.59. The quantitative estimate of drug-likeness (QED) is 0.662. The Morgan fingerprint density at radius 2 is 2.11 bits per heavy atom. The molecule has 0 bridgehead atoms. The molecule has 0 saturated heterocycles. The van der Waals surface area contributed by atoms with Crippen molar-refractivity contribution < 1.29 is 24.5 Å². The SMILES string of the molecule is CNCC(O)c1cc(C(=O)OC)c(OC)cc1O. The predicted molar refractivity (Wildman–Crippen MR) is 64.9 cm³/mol. The number of benzene rings is 1. The van der Waals surface area contributed by atoms with E-state index in [1.54, 1.807) is 7.05 Å². The summed E-state index contributed by atoms with van der Waals surface area (Å²) in [5.74, 6) is -0.535. The van der Waals surface area contributed by atoms with Gasteiger partial charge in [-0.1, -0.05) is 0 Å². The maximum Gasteiger partial charge on any atom is 0.341 e. The summed E-state index contributed by atoms with van der Waals surface area (Å²) >= 11 is 0. The monoisotopic (exact) mass is 255 g/mol. The zero-order valence-corrected chi connectivity index (χ0v) is 10.6. The van der Waals surface area contributed by atoms with Crippen molar-refractivity contribution in [2.45, 2.75) is 6.10 Å². The summed E-state index contributed by atoms with van der Waals surface area (Å²) in [4.78, 5) is 11.6. The lowest BCUT2D eigenvalue weighted by atomic mass is 10.0. The number of likely N-dealkylation sites (N-methyl/N-ethyl adjacent to an activating group) is 1. The highest BCUT2D eigenvalue weighted by Gasteiger charge is 2.20. The molecular formula is C12H17NO5. The van der Waals surface area contributed by atoms with Gasteiger partial charge in [-0.2, -0.15) is 0 Å². The maximum absolute atomic E-state index is 11.6. The zero-order chi connectivity index (χ0) is 13.7. The lowest BCUT2D eigenvalue weighted by molar-refractivity contribution is 0.0596. The molecule has 0 aliphatic rings. The number of carbonyl (C=O) groups excluding carboxylic acids is 1. The van der Waals surface area contributed by atoms with Crippen LogP contribution in [0, 0.1) is 0 Å². The van der Waals surface area contributed by atoms with Gasteiger partial charge in [-0.15, -0.1) is 0 Å². The lowest BCUT2D eigenvalue weighted by Crippen LogP contribution is -2.17. The number of esters is 1. The molecule has 1 unspecified atom stereocenters. The highest BCUT2D eigenvalue weighted by Crippen LogP contribution is 2.32. The first-order valence-electron chi connectivity index (χ1n) is 5.37. The van der Waals surface area contributed by atoms with Gasteiger partial charge in [0.25, 0.3) is 0 Å².